The van der Waals surface area contributed by atoms with Crippen LogP contribution in [0.4, 0.5) is 5.69 Å². The summed E-state index contributed by atoms with van der Waals surface area (Å²) in [5.41, 5.74) is 2.12. The zero-order chi connectivity index (χ0) is 15.2. The average Bonchev–Trinajstić information content (AvgIpc) is 2.49. The summed E-state index contributed by atoms with van der Waals surface area (Å²) >= 11 is 3.48. The Morgan fingerprint density at radius 1 is 1.52 bits per heavy atom. The minimum atomic E-state index is 0.130. The molecule has 1 heterocycles. The van der Waals surface area contributed by atoms with Crippen LogP contribution in [0.1, 0.15) is 38.7 Å². The lowest BCUT2D eigenvalue weighted by Crippen LogP contribution is -2.34. The van der Waals surface area contributed by atoms with Gasteiger partial charge in [-0.25, -0.2) is 0 Å². The van der Waals surface area contributed by atoms with Gasteiger partial charge in [0.15, 0.2) is 0 Å². The van der Waals surface area contributed by atoms with Crippen LogP contribution in [-0.2, 0) is 11.2 Å². The van der Waals surface area contributed by atoms with Gasteiger partial charge in [-0.05, 0) is 68.0 Å². The number of rotatable bonds is 5. The SMILES string of the molecule is CCc1cc(Br)ccc1NC(=O)CC(C)C1CCCNC1. The molecular formula is C17H25BrN2O. The van der Waals surface area contributed by atoms with Crippen molar-refractivity contribution in [2.75, 3.05) is 18.4 Å². The first kappa shape index (κ1) is 16.5. The average molecular weight is 353 g/mol. The van der Waals surface area contributed by atoms with Gasteiger partial charge < -0.3 is 10.6 Å². The van der Waals surface area contributed by atoms with Gasteiger partial charge >= 0.3 is 0 Å². The summed E-state index contributed by atoms with van der Waals surface area (Å²) in [7, 11) is 0. The van der Waals surface area contributed by atoms with Crippen LogP contribution in [0.2, 0.25) is 0 Å². The van der Waals surface area contributed by atoms with Crippen molar-refractivity contribution in [1.82, 2.24) is 5.32 Å². The second kappa shape index (κ2) is 7.95. The third-order valence-electron chi connectivity index (χ3n) is 4.37. The van der Waals surface area contributed by atoms with Gasteiger partial charge in [0, 0.05) is 16.6 Å². The smallest absolute Gasteiger partial charge is 0.224 e. The molecule has 2 atom stereocenters. The van der Waals surface area contributed by atoms with E-state index in [2.05, 4.69) is 46.5 Å². The lowest BCUT2D eigenvalue weighted by Gasteiger charge is -2.28. The first-order valence-electron chi connectivity index (χ1n) is 7.89. The molecule has 2 rings (SSSR count). The van der Waals surface area contributed by atoms with Gasteiger partial charge in [-0.2, -0.15) is 0 Å². The molecule has 116 valence electrons. The summed E-state index contributed by atoms with van der Waals surface area (Å²) in [5.74, 6) is 1.18. The lowest BCUT2D eigenvalue weighted by molar-refractivity contribution is -0.117. The van der Waals surface area contributed by atoms with Crippen molar-refractivity contribution in [3.05, 3.63) is 28.2 Å². The fourth-order valence-corrected chi connectivity index (χ4v) is 3.41. The highest BCUT2D eigenvalue weighted by Gasteiger charge is 2.22. The normalized spacial score (nSPS) is 20.0. The topological polar surface area (TPSA) is 41.1 Å². The van der Waals surface area contributed by atoms with Crippen LogP contribution in [0.3, 0.4) is 0 Å². The Labute approximate surface area is 136 Å². The van der Waals surface area contributed by atoms with E-state index in [1.165, 1.54) is 18.4 Å². The van der Waals surface area contributed by atoms with Crippen LogP contribution in [0.5, 0.6) is 0 Å². The Balaban J connectivity index is 1.92. The van der Waals surface area contributed by atoms with Crippen LogP contribution in [-0.4, -0.2) is 19.0 Å². The summed E-state index contributed by atoms with van der Waals surface area (Å²) in [5, 5.41) is 6.50. The Hall–Kier alpha value is -0.870. The number of amides is 1. The monoisotopic (exact) mass is 352 g/mol. The van der Waals surface area contributed by atoms with Crippen LogP contribution in [0, 0.1) is 11.8 Å². The number of nitrogens with one attached hydrogen (secondary N) is 2. The Morgan fingerprint density at radius 3 is 3.00 bits per heavy atom. The van der Waals surface area contributed by atoms with Crippen LogP contribution in [0.25, 0.3) is 0 Å². The Bertz CT molecular complexity index is 484. The van der Waals surface area contributed by atoms with Gasteiger partial charge in [-0.3, -0.25) is 4.79 Å². The number of anilines is 1. The van der Waals surface area contributed by atoms with E-state index in [1.54, 1.807) is 0 Å². The molecule has 4 heteroatoms. The predicted octanol–water partition coefficient (Wildman–Crippen LogP) is 3.98. The molecule has 0 bridgehead atoms. The standard InChI is InChI=1S/C17H25BrN2O/c1-3-13-10-15(18)6-7-16(13)20-17(21)9-12(2)14-5-4-8-19-11-14/h6-7,10,12,14,19H,3-5,8-9,11H2,1-2H3,(H,20,21). The van der Waals surface area contributed by atoms with E-state index in [-0.39, 0.29) is 5.91 Å². The molecule has 2 unspecified atom stereocenters. The molecule has 1 aromatic carbocycles. The summed E-state index contributed by atoms with van der Waals surface area (Å²) in [6.45, 7) is 6.47. The molecule has 0 saturated carbocycles. The van der Waals surface area contributed by atoms with Crippen LogP contribution >= 0.6 is 15.9 Å². The Morgan fingerprint density at radius 2 is 2.33 bits per heavy atom. The summed E-state index contributed by atoms with van der Waals surface area (Å²) < 4.78 is 1.05. The number of carbonyl (C=O) groups is 1. The molecule has 3 nitrogen and oxygen atoms in total. The fourth-order valence-electron chi connectivity index (χ4n) is 3.00. The van der Waals surface area contributed by atoms with Crippen molar-refractivity contribution in [2.45, 2.75) is 39.5 Å². The molecule has 0 aliphatic carbocycles. The van der Waals surface area contributed by atoms with E-state index < -0.39 is 0 Å². The van der Waals surface area contributed by atoms with Crippen molar-refractivity contribution in [3.8, 4) is 0 Å². The van der Waals surface area contributed by atoms with Crippen molar-refractivity contribution in [3.63, 3.8) is 0 Å². The fraction of sp³-hybridized carbons (Fsp3) is 0.588. The number of carbonyl (C=O) groups excluding carboxylic acids is 1. The third-order valence-corrected chi connectivity index (χ3v) is 4.86. The zero-order valence-electron chi connectivity index (χ0n) is 12.9. The highest BCUT2D eigenvalue weighted by Crippen LogP contribution is 2.25. The van der Waals surface area contributed by atoms with Gasteiger partial charge in [0.25, 0.3) is 0 Å². The highest BCUT2D eigenvalue weighted by molar-refractivity contribution is 9.10. The van der Waals surface area contributed by atoms with E-state index in [0.717, 1.165) is 29.7 Å². The minimum Gasteiger partial charge on any atom is -0.326 e. The molecular weight excluding hydrogens is 328 g/mol. The number of halogens is 1. The maximum Gasteiger partial charge on any atom is 0.224 e. The molecule has 0 spiro atoms. The lowest BCUT2D eigenvalue weighted by atomic mass is 9.85. The van der Waals surface area contributed by atoms with E-state index in [1.807, 2.05) is 12.1 Å². The van der Waals surface area contributed by atoms with Gasteiger partial charge in [0.2, 0.25) is 5.91 Å². The highest BCUT2D eigenvalue weighted by atomic mass is 79.9. The van der Waals surface area contributed by atoms with Gasteiger partial charge in [-0.1, -0.05) is 29.8 Å². The maximum absolute atomic E-state index is 12.3. The number of hydrogen-bond donors (Lipinski definition) is 2. The van der Waals surface area contributed by atoms with Crippen molar-refractivity contribution in [1.29, 1.82) is 0 Å². The minimum absolute atomic E-state index is 0.130. The second-order valence-corrected chi connectivity index (χ2v) is 6.91. The summed E-state index contributed by atoms with van der Waals surface area (Å²) in [6.07, 6.45) is 3.98. The van der Waals surface area contributed by atoms with E-state index in [4.69, 9.17) is 0 Å². The van der Waals surface area contributed by atoms with Gasteiger partial charge in [0.05, 0.1) is 0 Å². The molecule has 1 saturated heterocycles. The molecule has 1 fully saturated rings. The van der Waals surface area contributed by atoms with Gasteiger partial charge in [0.1, 0.15) is 0 Å². The number of piperidine rings is 1. The van der Waals surface area contributed by atoms with Crippen molar-refractivity contribution in [2.24, 2.45) is 11.8 Å². The van der Waals surface area contributed by atoms with E-state index >= 15 is 0 Å². The zero-order valence-corrected chi connectivity index (χ0v) is 14.5. The molecule has 1 aromatic rings. The third kappa shape index (κ3) is 4.82. The molecule has 1 aliphatic heterocycles. The quantitative estimate of drug-likeness (QED) is 0.841. The number of hydrogen-bond acceptors (Lipinski definition) is 2. The van der Waals surface area contributed by atoms with E-state index in [9.17, 15) is 4.79 Å². The molecule has 2 N–H and O–H groups in total. The molecule has 1 amide bonds. The summed E-state index contributed by atoms with van der Waals surface area (Å²) in [4.78, 5) is 12.3. The number of benzene rings is 1. The van der Waals surface area contributed by atoms with Crippen molar-refractivity contribution < 1.29 is 4.79 Å². The maximum atomic E-state index is 12.3. The second-order valence-electron chi connectivity index (χ2n) is 5.99. The van der Waals surface area contributed by atoms with Gasteiger partial charge in [-0.15, -0.1) is 0 Å². The van der Waals surface area contributed by atoms with Crippen LogP contribution in [0.15, 0.2) is 22.7 Å². The molecule has 0 radical (unpaired) electrons. The largest absolute Gasteiger partial charge is 0.326 e. The first-order chi connectivity index (χ1) is 10.1. The van der Waals surface area contributed by atoms with Crippen LogP contribution < -0.4 is 10.6 Å². The number of aryl methyl sites for hydroxylation is 1. The Kier molecular flexibility index (Phi) is 6.24. The molecule has 1 aliphatic rings. The summed E-state index contributed by atoms with van der Waals surface area (Å²) in [6, 6.07) is 6.03. The molecule has 21 heavy (non-hydrogen) atoms. The molecule has 0 aromatic heterocycles. The van der Waals surface area contributed by atoms with Crippen molar-refractivity contribution >= 4 is 27.5 Å². The predicted molar refractivity (Wildman–Crippen MR) is 91.5 cm³/mol. The van der Waals surface area contributed by atoms with E-state index in [0.29, 0.717) is 18.3 Å². The first-order valence-corrected chi connectivity index (χ1v) is 8.68.